The molecule has 0 unspecified atom stereocenters. The van der Waals surface area contributed by atoms with Gasteiger partial charge in [-0.2, -0.15) is 13.2 Å². The maximum Gasteiger partial charge on any atom is 0.416 e. The van der Waals surface area contributed by atoms with Crippen molar-refractivity contribution in [3.05, 3.63) is 59.4 Å². The summed E-state index contributed by atoms with van der Waals surface area (Å²) in [7, 11) is 0. The van der Waals surface area contributed by atoms with Gasteiger partial charge in [0, 0.05) is 16.3 Å². The molecule has 106 valence electrons. The molecule has 0 spiro atoms. The van der Waals surface area contributed by atoms with Gasteiger partial charge in [0.25, 0.3) is 0 Å². The van der Waals surface area contributed by atoms with Crippen molar-refractivity contribution in [3.63, 3.8) is 0 Å². The second-order valence-electron chi connectivity index (χ2n) is 4.13. The summed E-state index contributed by atoms with van der Waals surface area (Å²) in [5, 5.41) is 0. The molecule has 0 radical (unpaired) electrons. The number of nitrogen functional groups attached to an aromatic ring is 1. The number of halogens is 4. The van der Waals surface area contributed by atoms with Gasteiger partial charge in [-0.15, -0.1) is 11.8 Å². The zero-order chi connectivity index (χ0) is 14.8. The molecule has 6 heteroatoms. The number of benzene rings is 2. The molecule has 2 aromatic rings. The number of hydrogen-bond donors (Lipinski definition) is 1. The Morgan fingerprint density at radius 1 is 1.05 bits per heavy atom. The third-order valence-electron chi connectivity index (χ3n) is 2.68. The molecule has 1 nitrogen and oxygen atoms in total. The van der Waals surface area contributed by atoms with E-state index >= 15 is 0 Å². The molecule has 0 aliphatic heterocycles. The lowest BCUT2D eigenvalue weighted by molar-refractivity contribution is -0.138. The molecule has 20 heavy (non-hydrogen) atoms. The maximum atomic E-state index is 13.1. The van der Waals surface area contributed by atoms with E-state index in [1.807, 2.05) is 0 Å². The maximum absolute atomic E-state index is 13.1. The lowest BCUT2D eigenvalue weighted by Crippen LogP contribution is -2.08. The lowest BCUT2D eigenvalue weighted by Gasteiger charge is -2.12. The number of thioether (sulfide) groups is 1. The van der Waals surface area contributed by atoms with Crippen molar-refractivity contribution in [2.24, 2.45) is 0 Å². The van der Waals surface area contributed by atoms with Gasteiger partial charge in [0.1, 0.15) is 5.82 Å². The molecule has 0 fully saturated rings. The molecule has 0 amide bonds. The van der Waals surface area contributed by atoms with Crippen LogP contribution >= 0.6 is 11.8 Å². The minimum absolute atomic E-state index is 0.0728. The molecule has 2 N–H and O–H groups in total. The zero-order valence-electron chi connectivity index (χ0n) is 10.2. The fourth-order valence-corrected chi connectivity index (χ4v) is 2.70. The lowest BCUT2D eigenvalue weighted by atomic mass is 10.1. The Kier molecular flexibility index (Phi) is 4.23. The molecule has 0 aliphatic rings. The van der Waals surface area contributed by atoms with Gasteiger partial charge in [-0.05, 0) is 29.8 Å². The van der Waals surface area contributed by atoms with Crippen molar-refractivity contribution in [1.82, 2.24) is 0 Å². The second kappa shape index (κ2) is 5.75. The predicted molar refractivity (Wildman–Crippen MR) is 71.8 cm³/mol. The summed E-state index contributed by atoms with van der Waals surface area (Å²) >= 11 is 1.08. The average Bonchev–Trinajstić information content (AvgIpc) is 2.39. The van der Waals surface area contributed by atoms with Gasteiger partial charge in [0.05, 0.1) is 5.56 Å². The summed E-state index contributed by atoms with van der Waals surface area (Å²) in [6.45, 7) is 0. The second-order valence-corrected chi connectivity index (χ2v) is 5.14. The first-order valence-electron chi connectivity index (χ1n) is 5.71. The highest BCUT2D eigenvalue weighted by atomic mass is 32.2. The molecule has 0 aromatic heterocycles. The third kappa shape index (κ3) is 3.45. The fraction of sp³-hybridized carbons (Fsp3) is 0.143. The highest BCUT2D eigenvalue weighted by Crippen LogP contribution is 2.35. The van der Waals surface area contributed by atoms with Crippen LogP contribution < -0.4 is 5.73 Å². The Bertz CT molecular complexity index is 610. The Labute approximate surface area is 117 Å². The Morgan fingerprint density at radius 2 is 1.75 bits per heavy atom. The van der Waals surface area contributed by atoms with E-state index in [0.717, 1.165) is 17.8 Å². The van der Waals surface area contributed by atoms with Crippen molar-refractivity contribution in [3.8, 4) is 0 Å². The molecule has 2 rings (SSSR count). The van der Waals surface area contributed by atoms with Crippen LogP contribution in [0.1, 0.15) is 11.1 Å². The van der Waals surface area contributed by atoms with E-state index in [9.17, 15) is 17.6 Å². The highest BCUT2D eigenvalue weighted by Gasteiger charge is 2.32. The molecule has 0 saturated heterocycles. The monoisotopic (exact) mass is 301 g/mol. The van der Waals surface area contributed by atoms with Crippen LogP contribution in [0.5, 0.6) is 0 Å². The normalized spacial score (nSPS) is 11.6. The Morgan fingerprint density at radius 3 is 2.45 bits per heavy atom. The first-order chi connectivity index (χ1) is 9.38. The number of nitrogens with two attached hydrogens (primary N) is 1. The number of anilines is 1. The molecular formula is C14H11F4NS. The number of hydrogen-bond acceptors (Lipinski definition) is 2. The summed E-state index contributed by atoms with van der Waals surface area (Å²) in [5.41, 5.74) is 5.48. The zero-order valence-corrected chi connectivity index (χ0v) is 11.1. The van der Waals surface area contributed by atoms with Crippen LogP contribution in [0.15, 0.2) is 47.4 Å². The molecule has 0 aliphatic carbocycles. The molecule has 0 bridgehead atoms. The minimum atomic E-state index is -4.40. The van der Waals surface area contributed by atoms with Crippen LogP contribution in [0, 0.1) is 5.82 Å². The van der Waals surface area contributed by atoms with E-state index in [-0.39, 0.29) is 11.3 Å². The van der Waals surface area contributed by atoms with Crippen molar-refractivity contribution < 1.29 is 17.6 Å². The topological polar surface area (TPSA) is 26.0 Å². The van der Waals surface area contributed by atoms with Gasteiger partial charge in [0.15, 0.2) is 0 Å². The van der Waals surface area contributed by atoms with Gasteiger partial charge in [0.2, 0.25) is 0 Å². The quantitative estimate of drug-likeness (QED) is 0.504. The number of rotatable bonds is 3. The number of alkyl halides is 3. The van der Waals surface area contributed by atoms with Crippen molar-refractivity contribution in [1.29, 1.82) is 0 Å². The van der Waals surface area contributed by atoms with Crippen LogP contribution in [0.2, 0.25) is 0 Å². The summed E-state index contributed by atoms with van der Waals surface area (Å²) in [5.74, 6) is -0.394. The van der Waals surface area contributed by atoms with Crippen molar-refractivity contribution in [2.75, 3.05) is 5.73 Å². The first kappa shape index (κ1) is 14.7. The Balaban J connectivity index is 2.21. The van der Waals surface area contributed by atoms with E-state index in [1.54, 1.807) is 6.07 Å². The van der Waals surface area contributed by atoms with E-state index in [0.29, 0.717) is 10.6 Å². The highest BCUT2D eigenvalue weighted by molar-refractivity contribution is 7.98. The SMILES string of the molecule is Nc1ccc(F)cc1SCc1ccccc1C(F)(F)F. The van der Waals surface area contributed by atoms with Crippen LogP contribution in [0.4, 0.5) is 23.2 Å². The van der Waals surface area contributed by atoms with Gasteiger partial charge >= 0.3 is 6.18 Å². The first-order valence-corrected chi connectivity index (χ1v) is 6.69. The fourth-order valence-electron chi connectivity index (χ4n) is 1.71. The van der Waals surface area contributed by atoms with E-state index < -0.39 is 17.6 Å². The van der Waals surface area contributed by atoms with Gasteiger partial charge in [-0.1, -0.05) is 18.2 Å². The van der Waals surface area contributed by atoms with Crippen molar-refractivity contribution >= 4 is 17.4 Å². The summed E-state index contributed by atoms with van der Waals surface area (Å²) in [4.78, 5) is 0.432. The summed E-state index contributed by atoms with van der Waals surface area (Å²) < 4.78 is 51.6. The average molecular weight is 301 g/mol. The largest absolute Gasteiger partial charge is 0.416 e. The van der Waals surface area contributed by atoms with Crippen LogP contribution in [-0.4, -0.2) is 0 Å². The van der Waals surface area contributed by atoms with Crippen LogP contribution in [0.3, 0.4) is 0 Å². The predicted octanol–water partition coefficient (Wildman–Crippen LogP) is 4.72. The molecule has 0 atom stereocenters. The Hall–Kier alpha value is -1.69. The van der Waals surface area contributed by atoms with E-state index in [2.05, 4.69) is 0 Å². The molecule has 2 aromatic carbocycles. The molecular weight excluding hydrogens is 290 g/mol. The van der Waals surface area contributed by atoms with Crippen LogP contribution in [0.25, 0.3) is 0 Å². The summed E-state index contributed by atoms with van der Waals surface area (Å²) in [6.07, 6.45) is -4.40. The standard InChI is InChI=1S/C14H11F4NS/c15-10-5-6-12(19)13(7-10)20-8-9-3-1-2-4-11(9)14(16,17)18/h1-7H,8,19H2. The molecule has 0 heterocycles. The van der Waals surface area contributed by atoms with Gasteiger partial charge < -0.3 is 5.73 Å². The van der Waals surface area contributed by atoms with Gasteiger partial charge in [-0.25, -0.2) is 4.39 Å². The minimum Gasteiger partial charge on any atom is -0.398 e. The molecule has 0 saturated carbocycles. The summed E-state index contributed by atoms with van der Waals surface area (Å²) in [6, 6.07) is 9.15. The smallest absolute Gasteiger partial charge is 0.398 e. The van der Waals surface area contributed by atoms with Crippen LogP contribution in [-0.2, 0) is 11.9 Å². The van der Waals surface area contributed by atoms with Crippen molar-refractivity contribution in [2.45, 2.75) is 16.8 Å². The van der Waals surface area contributed by atoms with E-state index in [1.165, 1.54) is 30.3 Å². The van der Waals surface area contributed by atoms with E-state index in [4.69, 9.17) is 5.73 Å². The third-order valence-corrected chi connectivity index (χ3v) is 3.80. The van der Waals surface area contributed by atoms with Gasteiger partial charge in [-0.3, -0.25) is 0 Å².